The molecule has 144 valence electrons. The maximum Gasteiger partial charge on any atom is 0.300 e. The molecule has 2 heterocycles. The monoisotopic (exact) mass is 428 g/mol. The molecule has 4 rings (SSSR count). The van der Waals surface area contributed by atoms with Crippen LogP contribution in [0.5, 0.6) is 0 Å². The standard InChI is InChI=1S/2C6H3ClN4O3/c7-4-1-3(11(13)14)2-5-6(4)8-9-10(5)12;7-3-1-4-6(8-9-10(4)12)5(2-3)11(13)14/h2*1-2,12H. The van der Waals surface area contributed by atoms with Crippen molar-refractivity contribution in [1.29, 1.82) is 0 Å². The van der Waals surface area contributed by atoms with Gasteiger partial charge in [0.05, 0.1) is 14.9 Å². The van der Waals surface area contributed by atoms with Gasteiger partial charge in [-0.3, -0.25) is 20.2 Å². The number of non-ortho nitro benzene ring substituents is 2. The maximum absolute atomic E-state index is 10.6. The Kier molecular flexibility index (Phi) is 4.81. The Morgan fingerprint density at radius 1 is 0.857 bits per heavy atom. The minimum atomic E-state index is -0.636. The lowest BCUT2D eigenvalue weighted by Crippen LogP contribution is -1.93. The molecule has 0 saturated heterocycles. The van der Waals surface area contributed by atoms with E-state index in [4.69, 9.17) is 33.6 Å². The number of hydrogen-bond acceptors (Lipinski definition) is 10. The number of rotatable bonds is 2. The van der Waals surface area contributed by atoms with Gasteiger partial charge in [0.1, 0.15) is 16.6 Å². The van der Waals surface area contributed by atoms with Gasteiger partial charge >= 0.3 is 5.69 Å². The van der Waals surface area contributed by atoms with E-state index < -0.39 is 9.85 Å². The average molecular weight is 429 g/mol. The van der Waals surface area contributed by atoms with Crippen LogP contribution in [0.4, 0.5) is 11.4 Å². The van der Waals surface area contributed by atoms with Gasteiger partial charge in [-0.2, -0.15) is 0 Å². The lowest BCUT2D eigenvalue weighted by atomic mass is 10.3. The van der Waals surface area contributed by atoms with E-state index in [2.05, 4.69) is 20.6 Å². The van der Waals surface area contributed by atoms with Crippen LogP contribution >= 0.6 is 23.2 Å². The number of benzene rings is 2. The summed E-state index contributed by atoms with van der Waals surface area (Å²) in [6.07, 6.45) is 0. The fourth-order valence-corrected chi connectivity index (χ4v) is 2.62. The second kappa shape index (κ2) is 7.09. The smallest absolute Gasteiger partial charge is 0.300 e. The van der Waals surface area contributed by atoms with E-state index in [-0.39, 0.29) is 43.5 Å². The molecule has 0 bridgehead atoms. The van der Waals surface area contributed by atoms with E-state index >= 15 is 0 Å². The van der Waals surface area contributed by atoms with Crippen molar-refractivity contribution in [1.82, 2.24) is 30.3 Å². The Hall–Kier alpha value is -3.78. The molecule has 0 radical (unpaired) electrons. The first-order valence-electron chi connectivity index (χ1n) is 6.96. The number of nitro groups is 2. The topological polar surface area (TPSA) is 188 Å². The lowest BCUT2D eigenvalue weighted by Gasteiger charge is -1.94. The van der Waals surface area contributed by atoms with Gasteiger partial charge in [-0.05, 0) is 16.5 Å². The molecule has 0 atom stereocenters. The summed E-state index contributed by atoms with van der Waals surface area (Å²) in [6, 6.07) is 4.78. The summed E-state index contributed by atoms with van der Waals surface area (Å²) >= 11 is 11.3. The van der Waals surface area contributed by atoms with Gasteiger partial charge < -0.3 is 10.4 Å². The Morgan fingerprint density at radius 3 is 2.00 bits per heavy atom. The van der Waals surface area contributed by atoms with Crippen LogP contribution in [0.15, 0.2) is 24.3 Å². The molecule has 0 spiro atoms. The zero-order chi connectivity index (χ0) is 20.6. The summed E-state index contributed by atoms with van der Waals surface area (Å²) < 4.78 is 0. The van der Waals surface area contributed by atoms with Gasteiger partial charge in [-0.1, -0.05) is 32.9 Å². The third kappa shape index (κ3) is 3.40. The van der Waals surface area contributed by atoms with Crippen molar-refractivity contribution in [3.05, 3.63) is 54.5 Å². The molecule has 0 amide bonds. The molecule has 0 fully saturated rings. The molecule has 2 aromatic heterocycles. The van der Waals surface area contributed by atoms with Gasteiger partial charge in [-0.25, -0.2) is 0 Å². The summed E-state index contributed by atoms with van der Waals surface area (Å²) in [7, 11) is 0. The van der Waals surface area contributed by atoms with Gasteiger partial charge in [0, 0.05) is 23.2 Å². The summed E-state index contributed by atoms with van der Waals surface area (Å²) in [5.41, 5.74) is -0.0806. The summed E-state index contributed by atoms with van der Waals surface area (Å²) in [5, 5.41) is 52.9. The van der Waals surface area contributed by atoms with Crippen LogP contribution in [-0.4, -0.2) is 50.6 Å². The summed E-state index contributed by atoms with van der Waals surface area (Å²) in [4.78, 5) is 20.6. The molecular formula is C12H6Cl2N8O6. The molecule has 0 unspecified atom stereocenters. The van der Waals surface area contributed by atoms with Crippen molar-refractivity contribution in [3.8, 4) is 0 Å². The number of halogens is 2. The first-order valence-corrected chi connectivity index (χ1v) is 7.72. The molecule has 14 nitrogen and oxygen atoms in total. The van der Waals surface area contributed by atoms with Gasteiger partial charge in [0.2, 0.25) is 0 Å². The van der Waals surface area contributed by atoms with Gasteiger partial charge in [0.15, 0.2) is 5.52 Å². The molecule has 0 aliphatic rings. The Labute approximate surface area is 162 Å². The number of fused-ring (bicyclic) bond motifs is 2. The van der Waals surface area contributed by atoms with E-state index in [1.165, 1.54) is 6.07 Å². The van der Waals surface area contributed by atoms with E-state index in [9.17, 15) is 20.2 Å². The maximum atomic E-state index is 10.6. The molecule has 2 N–H and O–H groups in total. The molecule has 4 aromatic rings. The molecule has 0 saturated carbocycles. The zero-order valence-corrected chi connectivity index (χ0v) is 14.7. The Morgan fingerprint density at radius 2 is 1.43 bits per heavy atom. The zero-order valence-electron chi connectivity index (χ0n) is 13.2. The van der Waals surface area contributed by atoms with Crippen molar-refractivity contribution >= 4 is 56.6 Å². The third-order valence-electron chi connectivity index (χ3n) is 3.36. The van der Waals surface area contributed by atoms with Crippen molar-refractivity contribution in [3.63, 3.8) is 0 Å². The van der Waals surface area contributed by atoms with Crippen LogP contribution in [-0.2, 0) is 0 Å². The highest BCUT2D eigenvalue weighted by atomic mass is 35.5. The van der Waals surface area contributed by atoms with Crippen LogP contribution in [0, 0.1) is 20.2 Å². The minimum Gasteiger partial charge on any atom is -0.410 e. The van der Waals surface area contributed by atoms with Crippen molar-refractivity contribution in [2.75, 3.05) is 0 Å². The van der Waals surface area contributed by atoms with Crippen LogP contribution in [0.25, 0.3) is 22.1 Å². The third-order valence-corrected chi connectivity index (χ3v) is 3.87. The van der Waals surface area contributed by atoms with Crippen molar-refractivity contribution < 1.29 is 20.3 Å². The van der Waals surface area contributed by atoms with Crippen molar-refractivity contribution in [2.24, 2.45) is 0 Å². The number of nitrogens with zero attached hydrogens (tertiary/aromatic N) is 8. The highest BCUT2D eigenvalue weighted by Crippen LogP contribution is 2.27. The SMILES string of the molecule is O=[N+]([O-])c1cc(Cl)c2nnn(O)c2c1.O=[N+]([O-])c1cc(Cl)cc2c1nnn2O. The normalized spacial score (nSPS) is 10.6. The fourth-order valence-electron chi connectivity index (χ4n) is 2.16. The second-order valence-corrected chi connectivity index (χ2v) is 5.90. The van der Waals surface area contributed by atoms with E-state index in [0.29, 0.717) is 9.69 Å². The lowest BCUT2D eigenvalue weighted by molar-refractivity contribution is -0.384. The van der Waals surface area contributed by atoms with E-state index in [1.807, 2.05) is 0 Å². The highest BCUT2D eigenvalue weighted by Gasteiger charge is 2.18. The molecule has 16 heteroatoms. The predicted octanol–water partition coefficient (Wildman–Crippen LogP) is 2.46. The highest BCUT2D eigenvalue weighted by molar-refractivity contribution is 6.35. The molecular weight excluding hydrogens is 423 g/mol. The molecule has 0 aliphatic carbocycles. The van der Waals surface area contributed by atoms with Crippen LogP contribution in [0.3, 0.4) is 0 Å². The van der Waals surface area contributed by atoms with Crippen LogP contribution < -0.4 is 0 Å². The number of nitro benzene ring substituents is 2. The Bertz CT molecular complexity index is 1230. The van der Waals surface area contributed by atoms with E-state index in [0.717, 1.165) is 18.2 Å². The summed E-state index contributed by atoms with van der Waals surface area (Å²) in [5.74, 6) is 0. The van der Waals surface area contributed by atoms with Crippen LogP contribution in [0.2, 0.25) is 10.0 Å². The fraction of sp³-hybridized carbons (Fsp3) is 0. The Balaban J connectivity index is 0.000000161. The van der Waals surface area contributed by atoms with Crippen molar-refractivity contribution in [2.45, 2.75) is 0 Å². The molecule has 2 aromatic carbocycles. The quantitative estimate of drug-likeness (QED) is 0.272. The first-order chi connectivity index (χ1) is 13.2. The van der Waals surface area contributed by atoms with Crippen LogP contribution in [0.1, 0.15) is 0 Å². The number of hydrogen-bond donors (Lipinski definition) is 2. The molecule has 28 heavy (non-hydrogen) atoms. The average Bonchev–Trinajstić information content (AvgIpc) is 3.19. The summed E-state index contributed by atoms with van der Waals surface area (Å²) in [6.45, 7) is 0. The van der Waals surface area contributed by atoms with E-state index in [1.54, 1.807) is 0 Å². The largest absolute Gasteiger partial charge is 0.410 e. The van der Waals surface area contributed by atoms with Gasteiger partial charge in [0.25, 0.3) is 5.69 Å². The number of aromatic nitrogens is 6. The first kappa shape index (κ1) is 19.0. The van der Waals surface area contributed by atoms with Gasteiger partial charge in [-0.15, -0.1) is 10.2 Å². The predicted molar refractivity (Wildman–Crippen MR) is 92.8 cm³/mol. The molecule has 0 aliphatic heterocycles. The second-order valence-electron chi connectivity index (χ2n) is 5.06. The minimum absolute atomic E-state index is 0.00176.